The number of thioether (sulfide) groups is 1. The first-order valence-corrected chi connectivity index (χ1v) is 10.7. The van der Waals surface area contributed by atoms with Crippen LogP contribution in [0, 0.1) is 20.8 Å². The summed E-state index contributed by atoms with van der Waals surface area (Å²) in [5.41, 5.74) is 3.63. The second kappa shape index (κ2) is 8.59. The lowest BCUT2D eigenvalue weighted by Crippen LogP contribution is -2.13. The first-order valence-electron chi connectivity index (χ1n) is 7.97. The smallest absolute Gasteiger partial charge is 0.257 e. The molecule has 0 radical (unpaired) electrons. The number of nitrogens with zero attached hydrogens (tertiary/aromatic N) is 3. The van der Waals surface area contributed by atoms with Gasteiger partial charge in [0.1, 0.15) is 0 Å². The number of thiazole rings is 1. The van der Waals surface area contributed by atoms with Gasteiger partial charge >= 0.3 is 0 Å². The van der Waals surface area contributed by atoms with Crippen molar-refractivity contribution in [1.29, 1.82) is 0 Å². The maximum atomic E-state index is 12.3. The molecule has 0 saturated heterocycles. The topological polar surface area (TPSA) is 96.9 Å². The van der Waals surface area contributed by atoms with E-state index in [1.165, 1.54) is 34.4 Å². The number of anilines is 2. The van der Waals surface area contributed by atoms with Gasteiger partial charge in [-0.15, -0.1) is 21.5 Å². The largest absolute Gasteiger partial charge is 0.301 e. The average Bonchev–Trinajstić information content (AvgIpc) is 3.24. The average molecular weight is 420 g/mol. The van der Waals surface area contributed by atoms with Gasteiger partial charge in [-0.3, -0.25) is 14.9 Å². The van der Waals surface area contributed by atoms with Crippen LogP contribution in [0.25, 0.3) is 0 Å². The molecule has 0 unspecified atom stereocenters. The minimum atomic E-state index is -0.234. The number of carbonyl (C=O) groups excluding carboxylic acids is 2. The van der Waals surface area contributed by atoms with E-state index in [9.17, 15) is 9.59 Å². The van der Waals surface area contributed by atoms with Gasteiger partial charge in [0, 0.05) is 10.9 Å². The van der Waals surface area contributed by atoms with E-state index in [0.717, 1.165) is 16.8 Å². The first kappa shape index (κ1) is 19.5. The predicted molar refractivity (Wildman–Crippen MR) is 110 cm³/mol. The zero-order valence-electron chi connectivity index (χ0n) is 14.9. The molecule has 0 spiro atoms. The Morgan fingerprint density at radius 1 is 1.07 bits per heavy atom. The molecular formula is C17H17N5O2S3. The number of hydrogen-bond donors (Lipinski definition) is 2. The van der Waals surface area contributed by atoms with E-state index in [4.69, 9.17) is 0 Å². The van der Waals surface area contributed by atoms with Crippen LogP contribution in [0.3, 0.4) is 0 Å². The highest BCUT2D eigenvalue weighted by Crippen LogP contribution is 2.26. The predicted octanol–water partition coefficient (Wildman–Crippen LogP) is 3.90. The summed E-state index contributed by atoms with van der Waals surface area (Å²) in [6, 6.07) is 5.53. The minimum absolute atomic E-state index is 0.162. The molecule has 0 aliphatic heterocycles. The summed E-state index contributed by atoms with van der Waals surface area (Å²) in [6.07, 6.45) is 0. The minimum Gasteiger partial charge on any atom is -0.301 e. The number of benzene rings is 1. The fourth-order valence-corrected chi connectivity index (χ4v) is 4.32. The molecule has 2 aromatic heterocycles. The number of hydrogen-bond acceptors (Lipinski definition) is 8. The van der Waals surface area contributed by atoms with E-state index in [1.807, 2.05) is 38.3 Å². The van der Waals surface area contributed by atoms with Gasteiger partial charge in [-0.2, -0.15) is 0 Å². The number of aromatic nitrogens is 3. The van der Waals surface area contributed by atoms with Crippen LogP contribution in [0.15, 0.2) is 27.9 Å². The number of rotatable bonds is 6. The summed E-state index contributed by atoms with van der Waals surface area (Å²) in [6.45, 7) is 5.83. The highest BCUT2D eigenvalue weighted by atomic mass is 32.2. The number of amides is 2. The maximum Gasteiger partial charge on any atom is 0.257 e. The zero-order valence-corrected chi connectivity index (χ0v) is 17.3. The zero-order chi connectivity index (χ0) is 19.4. The van der Waals surface area contributed by atoms with Crippen molar-refractivity contribution in [3.8, 4) is 0 Å². The molecule has 3 rings (SSSR count). The van der Waals surface area contributed by atoms with Crippen LogP contribution >= 0.6 is 34.4 Å². The van der Waals surface area contributed by atoms with Gasteiger partial charge in [0.05, 0.1) is 11.4 Å². The van der Waals surface area contributed by atoms with Gasteiger partial charge in [0.25, 0.3) is 5.91 Å². The van der Waals surface area contributed by atoms with Crippen LogP contribution in [0.4, 0.5) is 10.3 Å². The van der Waals surface area contributed by atoms with E-state index in [1.54, 1.807) is 6.07 Å². The molecule has 3 aromatic rings. The summed E-state index contributed by atoms with van der Waals surface area (Å²) in [7, 11) is 0. The molecule has 27 heavy (non-hydrogen) atoms. The summed E-state index contributed by atoms with van der Waals surface area (Å²) in [5.74, 6) is -0.203. The van der Waals surface area contributed by atoms with E-state index in [-0.39, 0.29) is 17.6 Å². The van der Waals surface area contributed by atoms with Gasteiger partial charge in [-0.05, 0) is 44.0 Å². The monoisotopic (exact) mass is 419 g/mol. The Morgan fingerprint density at radius 2 is 1.89 bits per heavy atom. The Hall–Kier alpha value is -2.30. The Labute approximate surface area is 168 Å². The number of nitrogens with one attached hydrogen (secondary N) is 2. The van der Waals surface area contributed by atoms with Gasteiger partial charge in [-0.25, -0.2) is 4.98 Å². The molecule has 1 aromatic carbocycles. The van der Waals surface area contributed by atoms with Crippen molar-refractivity contribution < 1.29 is 9.59 Å². The standard InChI is InChI=1S/C17H17N5O2S3/c1-9-4-5-12(6-10(9)2)14(24)20-16-21-22-17(27-16)26-8-13(23)19-15-18-11(3)7-25-15/h4-7H,8H2,1-3H3,(H,18,19,23)(H,20,21,24). The third kappa shape index (κ3) is 5.34. The summed E-state index contributed by atoms with van der Waals surface area (Å²) in [4.78, 5) is 28.4. The van der Waals surface area contributed by atoms with E-state index in [2.05, 4.69) is 25.8 Å². The van der Waals surface area contributed by atoms with Crippen molar-refractivity contribution >= 4 is 56.5 Å². The van der Waals surface area contributed by atoms with E-state index < -0.39 is 0 Å². The van der Waals surface area contributed by atoms with Crippen molar-refractivity contribution in [2.45, 2.75) is 25.1 Å². The van der Waals surface area contributed by atoms with E-state index in [0.29, 0.717) is 20.2 Å². The summed E-state index contributed by atoms with van der Waals surface area (Å²) in [5, 5.41) is 16.3. The van der Waals surface area contributed by atoms with Crippen molar-refractivity contribution in [1.82, 2.24) is 15.2 Å². The molecule has 0 aliphatic rings. The van der Waals surface area contributed by atoms with Crippen LogP contribution in [0.2, 0.25) is 0 Å². The molecular weight excluding hydrogens is 402 g/mol. The molecule has 10 heteroatoms. The van der Waals surface area contributed by atoms with Gasteiger partial charge in [0.2, 0.25) is 11.0 Å². The summed E-state index contributed by atoms with van der Waals surface area (Å²) >= 11 is 3.88. The molecule has 0 aliphatic carbocycles. The second-order valence-electron chi connectivity index (χ2n) is 5.76. The van der Waals surface area contributed by atoms with Crippen LogP contribution in [0.1, 0.15) is 27.2 Å². The molecule has 0 atom stereocenters. The number of aryl methyl sites for hydroxylation is 3. The van der Waals surface area contributed by atoms with Crippen molar-refractivity contribution in [3.05, 3.63) is 46.0 Å². The van der Waals surface area contributed by atoms with Crippen LogP contribution in [-0.2, 0) is 4.79 Å². The maximum absolute atomic E-state index is 12.3. The third-order valence-corrected chi connectivity index (χ3v) is 6.44. The lowest BCUT2D eigenvalue weighted by molar-refractivity contribution is -0.113. The molecule has 2 N–H and O–H groups in total. The molecule has 0 fully saturated rings. The molecule has 7 nitrogen and oxygen atoms in total. The Bertz CT molecular complexity index is 983. The lowest BCUT2D eigenvalue weighted by atomic mass is 10.1. The Morgan fingerprint density at radius 3 is 2.59 bits per heavy atom. The van der Waals surface area contributed by atoms with Crippen LogP contribution in [-0.4, -0.2) is 32.7 Å². The fourth-order valence-electron chi connectivity index (χ4n) is 2.06. The molecule has 2 heterocycles. The molecule has 0 saturated carbocycles. The Balaban J connectivity index is 1.52. The molecule has 0 bridgehead atoms. The quantitative estimate of drug-likeness (QED) is 0.465. The SMILES string of the molecule is Cc1csc(NC(=O)CSc2nnc(NC(=O)c3ccc(C)c(C)c3)s2)n1. The highest BCUT2D eigenvalue weighted by molar-refractivity contribution is 8.01. The van der Waals surface area contributed by atoms with Crippen molar-refractivity contribution in [3.63, 3.8) is 0 Å². The lowest BCUT2D eigenvalue weighted by Gasteiger charge is -2.04. The van der Waals surface area contributed by atoms with Gasteiger partial charge in [0.15, 0.2) is 9.47 Å². The molecule has 140 valence electrons. The van der Waals surface area contributed by atoms with Crippen molar-refractivity contribution in [2.75, 3.05) is 16.4 Å². The van der Waals surface area contributed by atoms with Crippen LogP contribution in [0.5, 0.6) is 0 Å². The normalized spacial score (nSPS) is 10.6. The second-order valence-corrected chi connectivity index (χ2v) is 8.82. The van der Waals surface area contributed by atoms with Gasteiger partial charge < -0.3 is 5.32 Å². The summed E-state index contributed by atoms with van der Waals surface area (Å²) < 4.78 is 0.607. The highest BCUT2D eigenvalue weighted by Gasteiger charge is 2.13. The fraction of sp³-hybridized carbons (Fsp3) is 0.235. The van der Waals surface area contributed by atoms with Crippen LogP contribution < -0.4 is 10.6 Å². The van der Waals surface area contributed by atoms with Gasteiger partial charge in [-0.1, -0.05) is 29.2 Å². The number of carbonyl (C=O) groups is 2. The van der Waals surface area contributed by atoms with Crippen molar-refractivity contribution in [2.24, 2.45) is 0 Å². The Kier molecular flexibility index (Phi) is 6.19. The van der Waals surface area contributed by atoms with E-state index >= 15 is 0 Å². The first-order chi connectivity index (χ1) is 12.9. The molecule has 2 amide bonds. The third-order valence-electron chi connectivity index (χ3n) is 3.59.